The first-order valence-electron chi connectivity index (χ1n) is 5.55. The first kappa shape index (κ1) is 13.0. The molecule has 0 radical (unpaired) electrons. The Bertz CT molecular complexity index is 596. The van der Waals surface area contributed by atoms with E-state index in [0.29, 0.717) is 0 Å². The molecule has 0 aliphatic carbocycles. The van der Waals surface area contributed by atoms with Crippen molar-refractivity contribution in [3.63, 3.8) is 0 Å². The summed E-state index contributed by atoms with van der Waals surface area (Å²) in [6, 6.07) is 6.06. The third-order valence-corrected chi connectivity index (χ3v) is 3.24. The van der Waals surface area contributed by atoms with Gasteiger partial charge in [-0.15, -0.1) is 6.58 Å². The average molecular weight is 260 g/mol. The van der Waals surface area contributed by atoms with Crippen molar-refractivity contribution in [3.05, 3.63) is 48.0 Å². The largest absolute Gasteiger partial charge is 0.368 e. The van der Waals surface area contributed by atoms with Gasteiger partial charge in [-0.2, -0.15) is 5.06 Å². The van der Waals surface area contributed by atoms with E-state index in [1.807, 2.05) is 0 Å². The van der Waals surface area contributed by atoms with Crippen LogP contribution in [0.2, 0.25) is 0 Å². The number of carbonyl (C=O) groups excluding carboxylic acids is 3. The molecule has 2 rings (SSSR count). The van der Waals surface area contributed by atoms with Crippen LogP contribution in [0.25, 0.3) is 0 Å². The van der Waals surface area contributed by atoms with E-state index in [1.54, 1.807) is 12.1 Å². The van der Waals surface area contributed by atoms with Gasteiger partial charge in [0.15, 0.2) is 5.41 Å². The van der Waals surface area contributed by atoms with E-state index in [4.69, 9.17) is 5.73 Å². The summed E-state index contributed by atoms with van der Waals surface area (Å²) in [5, 5.41) is 9.54. The second kappa shape index (κ2) is 4.33. The van der Waals surface area contributed by atoms with Crippen LogP contribution < -0.4 is 5.73 Å². The van der Waals surface area contributed by atoms with Crippen LogP contribution in [0, 0.1) is 0 Å². The van der Waals surface area contributed by atoms with Gasteiger partial charge in [0.05, 0.1) is 0 Å². The van der Waals surface area contributed by atoms with Crippen LogP contribution in [0.1, 0.15) is 22.3 Å². The maximum Gasteiger partial charge on any atom is 0.284 e. The summed E-state index contributed by atoms with van der Waals surface area (Å²) in [5.41, 5.74) is 3.83. The number of primary amides is 1. The van der Waals surface area contributed by atoms with Crippen LogP contribution in [-0.2, 0) is 15.0 Å². The van der Waals surface area contributed by atoms with Gasteiger partial charge in [-0.1, -0.05) is 24.3 Å². The summed E-state index contributed by atoms with van der Waals surface area (Å²) in [7, 11) is 0. The van der Waals surface area contributed by atoms with E-state index in [0.717, 1.165) is 0 Å². The number of nitrogens with zero attached hydrogens (tertiary/aromatic N) is 1. The molecule has 1 aliphatic rings. The lowest BCUT2D eigenvalue weighted by Gasteiger charge is -2.36. The number of hydrogen-bond acceptors (Lipinski definition) is 4. The molecule has 19 heavy (non-hydrogen) atoms. The second-order valence-corrected chi connectivity index (χ2v) is 4.23. The lowest BCUT2D eigenvalue weighted by atomic mass is 9.71. The highest BCUT2D eigenvalue weighted by atomic mass is 16.5. The van der Waals surface area contributed by atoms with E-state index in [9.17, 15) is 19.6 Å². The molecule has 0 fully saturated rings. The fourth-order valence-corrected chi connectivity index (χ4v) is 2.30. The molecule has 1 aromatic carbocycles. The Balaban J connectivity index is 2.81. The van der Waals surface area contributed by atoms with Crippen molar-refractivity contribution >= 4 is 17.7 Å². The van der Waals surface area contributed by atoms with Crippen LogP contribution in [0.4, 0.5) is 0 Å². The van der Waals surface area contributed by atoms with Gasteiger partial charge in [0.25, 0.3) is 11.8 Å². The van der Waals surface area contributed by atoms with Gasteiger partial charge in [0.2, 0.25) is 5.91 Å². The van der Waals surface area contributed by atoms with Crippen molar-refractivity contribution in [1.29, 1.82) is 0 Å². The number of fused-ring (bicyclic) bond motifs is 1. The zero-order valence-corrected chi connectivity index (χ0v) is 10.00. The van der Waals surface area contributed by atoms with Gasteiger partial charge < -0.3 is 5.73 Å². The molecule has 0 saturated heterocycles. The first-order valence-corrected chi connectivity index (χ1v) is 5.55. The van der Waals surface area contributed by atoms with Crippen LogP contribution in [0.5, 0.6) is 0 Å². The van der Waals surface area contributed by atoms with E-state index < -0.39 is 23.1 Å². The van der Waals surface area contributed by atoms with Crippen molar-refractivity contribution < 1.29 is 19.6 Å². The minimum Gasteiger partial charge on any atom is -0.368 e. The smallest absolute Gasteiger partial charge is 0.284 e. The van der Waals surface area contributed by atoms with Crippen molar-refractivity contribution in [2.24, 2.45) is 5.73 Å². The molecule has 3 N–H and O–H groups in total. The Morgan fingerprint density at radius 3 is 2.63 bits per heavy atom. The predicted molar refractivity (Wildman–Crippen MR) is 65.1 cm³/mol. The van der Waals surface area contributed by atoms with Gasteiger partial charge in [-0.05, 0) is 18.1 Å². The number of amides is 3. The average Bonchev–Trinajstić information content (AvgIpc) is 2.41. The van der Waals surface area contributed by atoms with E-state index in [-0.39, 0.29) is 22.6 Å². The molecular formula is C13H12N2O4. The quantitative estimate of drug-likeness (QED) is 0.354. The van der Waals surface area contributed by atoms with Crippen molar-refractivity contribution in [2.45, 2.75) is 11.8 Å². The highest BCUT2D eigenvalue weighted by molar-refractivity contribution is 6.21. The number of benzene rings is 1. The molecule has 1 aliphatic heterocycles. The minimum atomic E-state index is -1.79. The van der Waals surface area contributed by atoms with Gasteiger partial charge in [0.1, 0.15) is 0 Å². The zero-order chi connectivity index (χ0) is 14.2. The summed E-state index contributed by atoms with van der Waals surface area (Å²) in [6.45, 7) is 3.49. The second-order valence-electron chi connectivity index (χ2n) is 4.23. The summed E-state index contributed by atoms with van der Waals surface area (Å²) < 4.78 is 0. The van der Waals surface area contributed by atoms with E-state index in [1.165, 1.54) is 18.2 Å². The normalized spacial score (nSPS) is 22.1. The molecule has 0 bridgehead atoms. The molecule has 0 spiro atoms. The van der Waals surface area contributed by atoms with Gasteiger partial charge in [-0.3, -0.25) is 19.6 Å². The number of nitrogens with two attached hydrogens (primary N) is 1. The molecule has 1 heterocycles. The summed E-state index contributed by atoms with van der Waals surface area (Å²) >= 11 is 0. The Labute approximate surface area is 109 Å². The lowest BCUT2D eigenvalue weighted by molar-refractivity contribution is -0.164. The number of imide groups is 1. The van der Waals surface area contributed by atoms with E-state index >= 15 is 0 Å². The highest BCUT2D eigenvalue weighted by Gasteiger charge is 2.54. The van der Waals surface area contributed by atoms with Crippen LogP contribution in [0.15, 0.2) is 36.9 Å². The number of carbonyl (C=O) groups is 3. The van der Waals surface area contributed by atoms with Crippen molar-refractivity contribution in [2.75, 3.05) is 0 Å². The third-order valence-electron chi connectivity index (χ3n) is 3.24. The Kier molecular flexibility index (Phi) is 2.95. The number of rotatable bonds is 3. The third kappa shape index (κ3) is 1.57. The van der Waals surface area contributed by atoms with Gasteiger partial charge >= 0.3 is 0 Å². The predicted octanol–water partition coefficient (Wildman–Crippen LogP) is 0.357. The van der Waals surface area contributed by atoms with Crippen molar-refractivity contribution in [3.8, 4) is 0 Å². The van der Waals surface area contributed by atoms with Gasteiger partial charge in [-0.25, -0.2) is 0 Å². The van der Waals surface area contributed by atoms with Crippen LogP contribution >= 0.6 is 0 Å². The standard InChI is InChI=1S/C13H12N2O4/c1-2-7-13(11(14)17)9-6-4-3-5-8(9)10(16)15(19)12(13)18/h2-6,19H,1,7H2,(H2,14,17). The Morgan fingerprint density at radius 2 is 2.05 bits per heavy atom. The highest BCUT2D eigenvalue weighted by Crippen LogP contribution is 2.37. The Hall–Kier alpha value is -2.47. The molecule has 1 unspecified atom stereocenters. The number of hydroxylamine groups is 2. The minimum absolute atomic E-state index is 0.0589. The fourth-order valence-electron chi connectivity index (χ4n) is 2.30. The monoisotopic (exact) mass is 260 g/mol. The van der Waals surface area contributed by atoms with Crippen LogP contribution in [0.3, 0.4) is 0 Å². The summed E-state index contributed by atoms with van der Waals surface area (Å²) in [5.74, 6) is -2.86. The maximum absolute atomic E-state index is 12.2. The SMILES string of the molecule is C=CCC1(C(N)=O)C(=O)N(O)C(=O)c2ccccc21. The Morgan fingerprint density at radius 1 is 1.42 bits per heavy atom. The van der Waals surface area contributed by atoms with Crippen LogP contribution in [-0.4, -0.2) is 28.0 Å². The van der Waals surface area contributed by atoms with Crippen molar-refractivity contribution in [1.82, 2.24) is 5.06 Å². The molecular weight excluding hydrogens is 248 g/mol. The lowest BCUT2D eigenvalue weighted by Crippen LogP contribution is -2.58. The molecule has 0 saturated carbocycles. The van der Waals surface area contributed by atoms with E-state index in [2.05, 4.69) is 6.58 Å². The fraction of sp³-hybridized carbons (Fsp3) is 0.154. The first-order chi connectivity index (χ1) is 8.96. The molecule has 6 nitrogen and oxygen atoms in total. The maximum atomic E-state index is 12.2. The molecule has 3 amide bonds. The number of allylic oxidation sites excluding steroid dienone is 1. The zero-order valence-electron chi connectivity index (χ0n) is 10.00. The van der Waals surface area contributed by atoms with Gasteiger partial charge in [0, 0.05) is 5.56 Å². The molecule has 1 atom stereocenters. The topological polar surface area (TPSA) is 101 Å². The molecule has 1 aromatic rings. The number of hydrogen-bond donors (Lipinski definition) is 2. The molecule has 6 heteroatoms. The summed E-state index contributed by atoms with van der Waals surface area (Å²) in [6.07, 6.45) is 1.26. The molecule has 0 aromatic heterocycles. The summed E-state index contributed by atoms with van der Waals surface area (Å²) in [4.78, 5) is 35.8. The molecule has 98 valence electrons.